The molecule has 3 aromatic rings. The number of rotatable bonds is 3. The third-order valence-electron chi connectivity index (χ3n) is 3.57. The van der Waals surface area contributed by atoms with Crippen LogP contribution in [-0.4, -0.2) is 4.98 Å². The summed E-state index contributed by atoms with van der Waals surface area (Å²) in [6.45, 7) is 2.17. The van der Waals surface area contributed by atoms with Crippen LogP contribution in [0.3, 0.4) is 0 Å². The average molecular weight is 270 g/mol. The summed E-state index contributed by atoms with van der Waals surface area (Å²) in [6.07, 6.45) is 1.95. The summed E-state index contributed by atoms with van der Waals surface area (Å²) in [5.41, 5.74) is 4.95. The molecule has 1 nitrogen and oxygen atoms in total. The van der Waals surface area contributed by atoms with Gasteiger partial charge in [0.15, 0.2) is 0 Å². The van der Waals surface area contributed by atoms with Gasteiger partial charge in [0.2, 0.25) is 0 Å². The Balaban J connectivity index is 1.98. The van der Waals surface area contributed by atoms with Crippen LogP contribution < -0.4 is 0 Å². The predicted octanol–water partition coefficient (Wildman–Crippen LogP) is 4.97. The fraction of sp³-hybridized carbons (Fsp3) is 0.176. The Labute approximate surface area is 118 Å². The van der Waals surface area contributed by atoms with Gasteiger partial charge in [0.1, 0.15) is 5.15 Å². The molecule has 0 radical (unpaired) electrons. The summed E-state index contributed by atoms with van der Waals surface area (Å²) in [5, 5.41) is 1.97. The van der Waals surface area contributed by atoms with Crippen LogP contribution in [0.15, 0.2) is 48.5 Å². The van der Waals surface area contributed by atoms with Crippen LogP contribution in [0.25, 0.3) is 10.9 Å². The van der Waals surface area contributed by atoms with Crippen molar-refractivity contribution in [3.63, 3.8) is 0 Å². The van der Waals surface area contributed by atoms with Gasteiger partial charge in [-0.1, -0.05) is 61.0 Å². The molecule has 0 atom stereocenters. The van der Waals surface area contributed by atoms with Crippen molar-refractivity contribution < 1.29 is 0 Å². The average Bonchev–Trinajstić information content (AvgIpc) is 2.76. The standard InChI is InChI=1S/C17H16ClN/c1-2-12-7-9-13(10-8-12)11-15-14-5-3-4-6-16(14)19-17(15)18/h3-10,19H,2,11H2,1H3. The molecule has 0 aliphatic heterocycles. The molecule has 0 spiro atoms. The van der Waals surface area contributed by atoms with Crippen LogP contribution in [-0.2, 0) is 12.8 Å². The van der Waals surface area contributed by atoms with Crippen LogP contribution in [0.4, 0.5) is 0 Å². The number of hydrogen-bond acceptors (Lipinski definition) is 0. The normalized spacial score (nSPS) is 11.1. The predicted molar refractivity (Wildman–Crippen MR) is 81.9 cm³/mol. The number of benzene rings is 2. The Bertz CT molecular complexity index is 695. The topological polar surface area (TPSA) is 15.8 Å². The SMILES string of the molecule is CCc1ccc(Cc2c(Cl)[nH]c3ccccc23)cc1. The lowest BCUT2D eigenvalue weighted by molar-refractivity contribution is 1.12. The highest BCUT2D eigenvalue weighted by Crippen LogP contribution is 2.28. The molecule has 1 aromatic heterocycles. The van der Waals surface area contributed by atoms with E-state index < -0.39 is 0 Å². The lowest BCUT2D eigenvalue weighted by Gasteiger charge is -2.03. The van der Waals surface area contributed by atoms with E-state index in [0.717, 1.165) is 23.5 Å². The van der Waals surface area contributed by atoms with Crippen LogP contribution in [0.5, 0.6) is 0 Å². The summed E-state index contributed by atoms with van der Waals surface area (Å²) in [6, 6.07) is 17.0. The fourth-order valence-electron chi connectivity index (χ4n) is 2.44. The molecular formula is C17H16ClN. The number of para-hydroxylation sites is 1. The number of hydrogen-bond donors (Lipinski definition) is 1. The molecule has 19 heavy (non-hydrogen) atoms. The van der Waals surface area contributed by atoms with Gasteiger partial charge < -0.3 is 4.98 Å². The summed E-state index contributed by atoms with van der Waals surface area (Å²) < 4.78 is 0. The minimum atomic E-state index is 0.751. The van der Waals surface area contributed by atoms with Gasteiger partial charge in [-0.05, 0) is 23.6 Å². The quantitative estimate of drug-likeness (QED) is 0.691. The zero-order chi connectivity index (χ0) is 13.2. The zero-order valence-corrected chi connectivity index (χ0v) is 11.7. The molecule has 2 heteroatoms. The number of aromatic nitrogens is 1. The zero-order valence-electron chi connectivity index (χ0n) is 10.9. The first-order valence-corrected chi connectivity index (χ1v) is 6.98. The first-order valence-electron chi connectivity index (χ1n) is 6.61. The van der Waals surface area contributed by atoms with Crippen molar-refractivity contribution in [3.05, 3.63) is 70.4 Å². The van der Waals surface area contributed by atoms with Crippen molar-refractivity contribution in [3.8, 4) is 0 Å². The Hall–Kier alpha value is -1.73. The number of aryl methyl sites for hydroxylation is 1. The van der Waals surface area contributed by atoms with Crippen molar-refractivity contribution in [2.75, 3.05) is 0 Å². The van der Waals surface area contributed by atoms with Gasteiger partial charge in [-0.3, -0.25) is 0 Å². The maximum absolute atomic E-state index is 6.32. The Morgan fingerprint density at radius 3 is 2.37 bits per heavy atom. The van der Waals surface area contributed by atoms with Crippen LogP contribution in [0.1, 0.15) is 23.6 Å². The molecule has 0 amide bonds. The molecule has 96 valence electrons. The highest BCUT2D eigenvalue weighted by molar-refractivity contribution is 6.31. The van der Waals surface area contributed by atoms with Gasteiger partial charge in [0, 0.05) is 22.9 Å². The monoisotopic (exact) mass is 269 g/mol. The number of nitrogens with one attached hydrogen (secondary N) is 1. The Morgan fingerprint density at radius 2 is 1.63 bits per heavy atom. The highest BCUT2D eigenvalue weighted by atomic mass is 35.5. The minimum absolute atomic E-state index is 0.751. The molecule has 0 saturated carbocycles. The Kier molecular flexibility index (Phi) is 3.31. The fourth-order valence-corrected chi connectivity index (χ4v) is 2.71. The molecule has 1 N–H and O–H groups in total. The molecule has 0 bridgehead atoms. The molecule has 0 aliphatic rings. The molecule has 0 fully saturated rings. The third-order valence-corrected chi connectivity index (χ3v) is 3.90. The van der Waals surface area contributed by atoms with E-state index in [2.05, 4.69) is 54.4 Å². The maximum Gasteiger partial charge on any atom is 0.110 e. The smallest absolute Gasteiger partial charge is 0.110 e. The van der Waals surface area contributed by atoms with E-state index in [4.69, 9.17) is 11.6 Å². The van der Waals surface area contributed by atoms with Crippen molar-refractivity contribution in [2.45, 2.75) is 19.8 Å². The van der Waals surface area contributed by atoms with Crippen molar-refractivity contribution in [2.24, 2.45) is 0 Å². The van der Waals surface area contributed by atoms with Crippen molar-refractivity contribution in [1.82, 2.24) is 4.98 Å². The summed E-state index contributed by atoms with van der Waals surface area (Å²) in [4.78, 5) is 3.24. The molecular weight excluding hydrogens is 254 g/mol. The van der Waals surface area contributed by atoms with Gasteiger partial charge in [-0.25, -0.2) is 0 Å². The van der Waals surface area contributed by atoms with E-state index >= 15 is 0 Å². The van der Waals surface area contributed by atoms with E-state index in [0.29, 0.717) is 0 Å². The van der Waals surface area contributed by atoms with Gasteiger partial charge in [0.25, 0.3) is 0 Å². The largest absolute Gasteiger partial charge is 0.345 e. The first-order chi connectivity index (χ1) is 9.28. The number of aromatic amines is 1. The second-order valence-electron chi connectivity index (χ2n) is 4.81. The van der Waals surface area contributed by atoms with E-state index in [9.17, 15) is 0 Å². The number of fused-ring (bicyclic) bond motifs is 1. The molecule has 0 unspecified atom stereocenters. The summed E-state index contributed by atoms with van der Waals surface area (Å²) in [7, 11) is 0. The van der Waals surface area contributed by atoms with Gasteiger partial charge >= 0.3 is 0 Å². The molecule has 0 saturated heterocycles. The molecule has 3 rings (SSSR count). The lowest BCUT2D eigenvalue weighted by Crippen LogP contribution is -1.89. The minimum Gasteiger partial charge on any atom is -0.345 e. The molecule has 1 heterocycles. The number of H-pyrrole nitrogens is 1. The lowest BCUT2D eigenvalue weighted by atomic mass is 10.0. The van der Waals surface area contributed by atoms with Crippen molar-refractivity contribution in [1.29, 1.82) is 0 Å². The summed E-state index contributed by atoms with van der Waals surface area (Å²) >= 11 is 6.32. The van der Waals surface area contributed by atoms with E-state index in [1.165, 1.54) is 22.1 Å². The van der Waals surface area contributed by atoms with E-state index in [-0.39, 0.29) is 0 Å². The third kappa shape index (κ3) is 2.39. The molecule has 0 aliphatic carbocycles. The molecule has 2 aromatic carbocycles. The van der Waals surface area contributed by atoms with E-state index in [1.54, 1.807) is 0 Å². The number of halogens is 1. The van der Waals surface area contributed by atoms with Gasteiger partial charge in [-0.2, -0.15) is 0 Å². The summed E-state index contributed by atoms with van der Waals surface area (Å²) in [5.74, 6) is 0. The van der Waals surface area contributed by atoms with Crippen LogP contribution in [0.2, 0.25) is 5.15 Å². The van der Waals surface area contributed by atoms with Gasteiger partial charge in [-0.15, -0.1) is 0 Å². The second-order valence-corrected chi connectivity index (χ2v) is 5.19. The van der Waals surface area contributed by atoms with Gasteiger partial charge in [0.05, 0.1) is 0 Å². The first kappa shape index (κ1) is 12.3. The Morgan fingerprint density at radius 1 is 0.947 bits per heavy atom. The maximum atomic E-state index is 6.32. The van der Waals surface area contributed by atoms with Crippen molar-refractivity contribution >= 4 is 22.5 Å². The van der Waals surface area contributed by atoms with Crippen LogP contribution >= 0.6 is 11.6 Å². The second kappa shape index (κ2) is 5.10. The van der Waals surface area contributed by atoms with E-state index in [1.807, 2.05) is 6.07 Å². The highest BCUT2D eigenvalue weighted by Gasteiger charge is 2.09. The van der Waals surface area contributed by atoms with Crippen LogP contribution in [0, 0.1) is 0 Å².